The van der Waals surface area contributed by atoms with Crippen molar-refractivity contribution in [1.29, 1.82) is 0 Å². The maximum absolute atomic E-state index is 9.52. The molecule has 1 heterocycles. The molecule has 2 N–H and O–H groups in total. The summed E-state index contributed by atoms with van der Waals surface area (Å²) < 4.78 is 0. The first-order valence-electron chi connectivity index (χ1n) is 5.82. The van der Waals surface area contributed by atoms with Gasteiger partial charge in [0.05, 0.1) is 12.1 Å². The Balaban J connectivity index is 1.93. The fraction of sp³-hybridized carbons (Fsp3) is 0.538. The number of nitrogens with one attached hydrogen (secondary N) is 1. The maximum Gasteiger partial charge on any atom is 0.0626 e. The molecule has 16 heavy (non-hydrogen) atoms. The highest BCUT2D eigenvalue weighted by Crippen LogP contribution is 2.20. The van der Waals surface area contributed by atoms with Crippen LogP contribution in [0.15, 0.2) is 30.3 Å². The molecule has 3 heteroatoms. The Morgan fingerprint density at radius 1 is 1.38 bits per heavy atom. The van der Waals surface area contributed by atoms with Crippen LogP contribution in [0.3, 0.4) is 0 Å². The lowest BCUT2D eigenvalue weighted by atomic mass is 9.99. The van der Waals surface area contributed by atoms with Gasteiger partial charge in [0.2, 0.25) is 0 Å². The predicted molar refractivity (Wildman–Crippen MR) is 65.2 cm³/mol. The van der Waals surface area contributed by atoms with Crippen molar-refractivity contribution in [2.75, 3.05) is 26.7 Å². The molecule has 0 saturated carbocycles. The lowest BCUT2D eigenvalue weighted by molar-refractivity contribution is 0.163. The third-order valence-corrected chi connectivity index (χ3v) is 3.36. The van der Waals surface area contributed by atoms with Crippen molar-refractivity contribution < 1.29 is 5.11 Å². The molecular formula is C13H20N2O. The number of aliphatic hydroxyl groups is 1. The zero-order valence-electron chi connectivity index (χ0n) is 9.82. The first-order chi connectivity index (χ1) is 7.74. The molecule has 1 saturated heterocycles. The van der Waals surface area contributed by atoms with Crippen LogP contribution in [0.5, 0.6) is 0 Å². The predicted octanol–water partition coefficient (Wildman–Crippen LogP) is 0.843. The summed E-state index contributed by atoms with van der Waals surface area (Å²) in [5, 5.41) is 13.0. The molecule has 1 aromatic carbocycles. The molecule has 0 aliphatic carbocycles. The van der Waals surface area contributed by atoms with E-state index < -0.39 is 0 Å². The van der Waals surface area contributed by atoms with E-state index in [0.717, 1.165) is 26.1 Å². The average Bonchev–Trinajstić information content (AvgIpc) is 2.71. The van der Waals surface area contributed by atoms with Crippen LogP contribution in [0.2, 0.25) is 0 Å². The fourth-order valence-electron chi connectivity index (χ4n) is 2.29. The van der Waals surface area contributed by atoms with Crippen molar-refractivity contribution in [3.63, 3.8) is 0 Å². The molecule has 0 bridgehead atoms. The standard InChI is InChI=1S/C13H20N2O/c1-15-8-7-13(10-15,11-16)14-9-12-5-3-2-4-6-12/h2-6,14,16H,7-11H2,1H3. The summed E-state index contributed by atoms with van der Waals surface area (Å²) in [5.41, 5.74) is 1.16. The summed E-state index contributed by atoms with van der Waals surface area (Å²) in [6, 6.07) is 10.3. The molecule has 0 amide bonds. The highest BCUT2D eigenvalue weighted by molar-refractivity contribution is 5.15. The highest BCUT2D eigenvalue weighted by atomic mass is 16.3. The van der Waals surface area contributed by atoms with Gasteiger partial charge in [-0.25, -0.2) is 0 Å². The molecule has 0 radical (unpaired) electrons. The van der Waals surface area contributed by atoms with Crippen molar-refractivity contribution in [1.82, 2.24) is 10.2 Å². The van der Waals surface area contributed by atoms with Gasteiger partial charge in [-0.15, -0.1) is 0 Å². The molecule has 0 spiro atoms. The summed E-state index contributed by atoms with van der Waals surface area (Å²) in [6.07, 6.45) is 1.02. The average molecular weight is 220 g/mol. The Kier molecular flexibility index (Phi) is 3.59. The van der Waals surface area contributed by atoms with Crippen LogP contribution in [-0.2, 0) is 6.54 Å². The first-order valence-corrected chi connectivity index (χ1v) is 5.82. The Morgan fingerprint density at radius 3 is 2.69 bits per heavy atom. The third-order valence-electron chi connectivity index (χ3n) is 3.36. The highest BCUT2D eigenvalue weighted by Gasteiger charge is 2.35. The lowest BCUT2D eigenvalue weighted by Crippen LogP contribution is -2.49. The van der Waals surface area contributed by atoms with E-state index in [1.807, 2.05) is 18.2 Å². The number of rotatable bonds is 4. The fourth-order valence-corrected chi connectivity index (χ4v) is 2.29. The molecule has 1 unspecified atom stereocenters. The zero-order valence-corrected chi connectivity index (χ0v) is 9.82. The van der Waals surface area contributed by atoms with Crippen LogP contribution in [0.4, 0.5) is 0 Å². The van der Waals surface area contributed by atoms with Crippen molar-refractivity contribution >= 4 is 0 Å². The molecule has 1 atom stereocenters. The molecule has 1 aromatic rings. The van der Waals surface area contributed by atoms with Gasteiger partial charge in [-0.2, -0.15) is 0 Å². The minimum atomic E-state index is -0.107. The van der Waals surface area contributed by atoms with Crippen LogP contribution in [0.25, 0.3) is 0 Å². The van der Waals surface area contributed by atoms with E-state index in [1.54, 1.807) is 0 Å². The van der Waals surface area contributed by atoms with Crippen molar-refractivity contribution in [3.05, 3.63) is 35.9 Å². The summed E-state index contributed by atoms with van der Waals surface area (Å²) in [7, 11) is 2.10. The van der Waals surface area contributed by atoms with E-state index in [9.17, 15) is 5.11 Å². The molecule has 0 aromatic heterocycles. The van der Waals surface area contributed by atoms with E-state index in [-0.39, 0.29) is 12.1 Å². The van der Waals surface area contributed by atoms with Crippen LogP contribution < -0.4 is 5.32 Å². The van der Waals surface area contributed by atoms with Gasteiger partial charge in [-0.3, -0.25) is 0 Å². The number of hydrogen-bond donors (Lipinski definition) is 2. The van der Waals surface area contributed by atoms with Crippen LogP contribution in [-0.4, -0.2) is 42.3 Å². The van der Waals surface area contributed by atoms with Gasteiger partial charge in [-0.05, 0) is 25.6 Å². The van der Waals surface area contributed by atoms with Gasteiger partial charge in [-0.1, -0.05) is 30.3 Å². The Bertz CT molecular complexity index is 328. The second kappa shape index (κ2) is 4.95. The third kappa shape index (κ3) is 2.61. The van der Waals surface area contributed by atoms with Gasteiger partial charge in [0.25, 0.3) is 0 Å². The van der Waals surface area contributed by atoms with Gasteiger partial charge in [0.15, 0.2) is 0 Å². The maximum atomic E-state index is 9.52. The van der Waals surface area contributed by atoms with Gasteiger partial charge < -0.3 is 15.3 Å². The van der Waals surface area contributed by atoms with E-state index in [2.05, 4.69) is 29.4 Å². The number of likely N-dealkylation sites (tertiary alicyclic amines) is 1. The van der Waals surface area contributed by atoms with Crippen molar-refractivity contribution in [2.45, 2.75) is 18.5 Å². The molecule has 88 valence electrons. The molecule has 1 aliphatic heterocycles. The monoisotopic (exact) mass is 220 g/mol. The number of nitrogens with zero attached hydrogens (tertiary/aromatic N) is 1. The molecule has 1 aliphatic rings. The first kappa shape index (κ1) is 11.6. The number of hydrogen-bond acceptors (Lipinski definition) is 3. The smallest absolute Gasteiger partial charge is 0.0626 e. The van der Waals surface area contributed by atoms with Crippen LogP contribution in [0, 0.1) is 0 Å². The quantitative estimate of drug-likeness (QED) is 0.789. The summed E-state index contributed by atoms with van der Waals surface area (Å²) in [4.78, 5) is 2.26. The van der Waals surface area contributed by atoms with Crippen molar-refractivity contribution in [2.24, 2.45) is 0 Å². The Labute approximate surface area is 97.1 Å². The SMILES string of the molecule is CN1CCC(CO)(NCc2ccccc2)C1. The van der Waals surface area contributed by atoms with E-state index in [4.69, 9.17) is 0 Å². The minimum absolute atomic E-state index is 0.107. The number of benzene rings is 1. The molecule has 1 fully saturated rings. The van der Waals surface area contributed by atoms with Gasteiger partial charge >= 0.3 is 0 Å². The van der Waals surface area contributed by atoms with E-state index >= 15 is 0 Å². The second-order valence-corrected chi connectivity index (χ2v) is 4.77. The Morgan fingerprint density at radius 2 is 2.12 bits per heavy atom. The summed E-state index contributed by atoms with van der Waals surface area (Å²) in [5.74, 6) is 0. The topological polar surface area (TPSA) is 35.5 Å². The molecule has 2 rings (SSSR count). The lowest BCUT2D eigenvalue weighted by Gasteiger charge is -2.28. The van der Waals surface area contributed by atoms with E-state index in [1.165, 1.54) is 5.56 Å². The van der Waals surface area contributed by atoms with Gasteiger partial charge in [0.1, 0.15) is 0 Å². The minimum Gasteiger partial charge on any atom is -0.394 e. The van der Waals surface area contributed by atoms with Crippen molar-refractivity contribution in [3.8, 4) is 0 Å². The van der Waals surface area contributed by atoms with Crippen LogP contribution >= 0.6 is 0 Å². The summed E-state index contributed by atoms with van der Waals surface area (Å²) in [6.45, 7) is 3.03. The number of likely N-dealkylation sites (N-methyl/N-ethyl adjacent to an activating group) is 1. The van der Waals surface area contributed by atoms with Crippen LogP contribution in [0.1, 0.15) is 12.0 Å². The number of aliphatic hydroxyl groups excluding tert-OH is 1. The molecule has 3 nitrogen and oxygen atoms in total. The summed E-state index contributed by atoms with van der Waals surface area (Å²) >= 11 is 0. The normalized spacial score (nSPS) is 26.1. The van der Waals surface area contributed by atoms with Gasteiger partial charge in [0, 0.05) is 13.1 Å². The zero-order chi connectivity index (χ0) is 11.4. The second-order valence-electron chi connectivity index (χ2n) is 4.77. The molecular weight excluding hydrogens is 200 g/mol. The van der Waals surface area contributed by atoms with E-state index in [0.29, 0.717) is 0 Å². The largest absolute Gasteiger partial charge is 0.394 e. The Hall–Kier alpha value is -0.900.